The molecule has 3 heterocycles. The number of likely N-dealkylation sites (N-methyl/N-ethyl adjacent to an activating group) is 1. The fourth-order valence-electron chi connectivity index (χ4n) is 3.77. The van der Waals surface area contributed by atoms with Gasteiger partial charge in [-0.15, -0.1) is 11.8 Å². The zero-order chi connectivity index (χ0) is 23.0. The molecule has 0 amide bonds. The molecule has 0 aliphatic carbocycles. The molecular weight excluding hydrogens is 473 g/mol. The van der Waals surface area contributed by atoms with Crippen LogP contribution in [-0.2, 0) is 17.9 Å². The fourth-order valence-corrected chi connectivity index (χ4v) is 4.83. The number of pyridine rings is 2. The third-order valence-corrected chi connectivity index (χ3v) is 6.69. The number of hydrogen-bond donors (Lipinski definition) is 0. The molecule has 8 nitrogen and oxygen atoms in total. The average molecular weight is 494 g/mol. The van der Waals surface area contributed by atoms with E-state index >= 15 is 0 Å². The van der Waals surface area contributed by atoms with Crippen LogP contribution in [-0.4, -0.2) is 44.9 Å². The second-order valence-electron chi connectivity index (χ2n) is 7.39. The van der Waals surface area contributed by atoms with Crippen molar-refractivity contribution >= 4 is 57.1 Å². The van der Waals surface area contributed by atoms with E-state index in [1.165, 1.54) is 16.3 Å². The van der Waals surface area contributed by atoms with Crippen molar-refractivity contribution in [3.05, 3.63) is 57.7 Å². The second kappa shape index (κ2) is 10.5. The van der Waals surface area contributed by atoms with Gasteiger partial charge in [-0.3, -0.25) is 4.79 Å². The first-order valence-electron chi connectivity index (χ1n) is 9.90. The Morgan fingerprint density at radius 2 is 1.97 bits per heavy atom. The molecular formula is C22H21ClN5NaO3S. The molecule has 0 aliphatic heterocycles. The van der Waals surface area contributed by atoms with Crippen molar-refractivity contribution < 1.29 is 39.5 Å². The van der Waals surface area contributed by atoms with Crippen LogP contribution in [0.3, 0.4) is 0 Å². The molecule has 1 aromatic carbocycles. The van der Waals surface area contributed by atoms with E-state index in [1.807, 2.05) is 35.9 Å². The van der Waals surface area contributed by atoms with E-state index in [1.54, 1.807) is 30.5 Å². The Morgan fingerprint density at radius 3 is 2.61 bits per heavy atom. The minimum Gasteiger partial charge on any atom is -0.548 e. The second-order valence-corrected chi connectivity index (χ2v) is 8.62. The van der Waals surface area contributed by atoms with Crippen molar-refractivity contribution in [3.8, 4) is 0 Å². The van der Waals surface area contributed by atoms with Crippen LogP contribution in [0.1, 0.15) is 5.82 Å². The molecule has 33 heavy (non-hydrogen) atoms. The summed E-state index contributed by atoms with van der Waals surface area (Å²) in [4.78, 5) is 36.3. The Kier molecular flexibility index (Phi) is 8.13. The Balaban J connectivity index is 0.00000306. The van der Waals surface area contributed by atoms with Crippen LogP contribution >= 0.6 is 23.4 Å². The average Bonchev–Trinajstić information content (AvgIpc) is 3.18. The molecule has 0 fully saturated rings. The van der Waals surface area contributed by atoms with E-state index in [0.717, 1.165) is 5.82 Å². The van der Waals surface area contributed by atoms with Gasteiger partial charge in [0.2, 0.25) is 0 Å². The Morgan fingerprint density at radius 1 is 1.24 bits per heavy atom. The SMILES string of the molecule is CSc1c(Cl)ccc2c(=O)c3ccc(N(C)CCn4ccnc4C)nc3n(CC(=O)[O-])c12.[Na+]. The molecule has 4 rings (SSSR count). The van der Waals surface area contributed by atoms with Crippen LogP contribution in [0.25, 0.3) is 21.9 Å². The van der Waals surface area contributed by atoms with Gasteiger partial charge < -0.3 is 23.9 Å². The summed E-state index contributed by atoms with van der Waals surface area (Å²) in [5.41, 5.74) is 0.521. The van der Waals surface area contributed by atoms with E-state index in [2.05, 4.69) is 9.97 Å². The van der Waals surface area contributed by atoms with Gasteiger partial charge in [0.15, 0.2) is 5.43 Å². The van der Waals surface area contributed by atoms with Gasteiger partial charge in [0.05, 0.1) is 33.3 Å². The molecule has 0 saturated carbocycles. The van der Waals surface area contributed by atoms with Crippen molar-refractivity contribution in [1.29, 1.82) is 0 Å². The van der Waals surface area contributed by atoms with Crippen LogP contribution in [0.5, 0.6) is 0 Å². The monoisotopic (exact) mass is 493 g/mol. The summed E-state index contributed by atoms with van der Waals surface area (Å²) in [5.74, 6) is 0.258. The summed E-state index contributed by atoms with van der Waals surface area (Å²) in [5, 5.41) is 12.8. The van der Waals surface area contributed by atoms with Crippen molar-refractivity contribution in [2.75, 3.05) is 24.7 Å². The van der Waals surface area contributed by atoms with Gasteiger partial charge >= 0.3 is 29.6 Å². The molecule has 0 saturated heterocycles. The zero-order valence-electron chi connectivity index (χ0n) is 18.8. The summed E-state index contributed by atoms with van der Waals surface area (Å²) in [6.07, 6.45) is 5.49. The molecule has 11 heteroatoms. The molecule has 0 N–H and O–H groups in total. The van der Waals surface area contributed by atoms with Crippen LogP contribution < -0.4 is 45.0 Å². The van der Waals surface area contributed by atoms with Crippen molar-refractivity contribution in [2.45, 2.75) is 24.9 Å². The Bertz CT molecular complexity index is 1400. The van der Waals surface area contributed by atoms with Crippen LogP contribution in [0.4, 0.5) is 5.82 Å². The van der Waals surface area contributed by atoms with Gasteiger partial charge in [0.1, 0.15) is 17.3 Å². The smallest absolute Gasteiger partial charge is 0.548 e. The maximum atomic E-state index is 13.2. The normalized spacial score (nSPS) is 11.0. The van der Waals surface area contributed by atoms with Crippen molar-refractivity contribution in [1.82, 2.24) is 19.1 Å². The number of fused-ring (bicyclic) bond motifs is 2. The number of carbonyl (C=O) groups excluding carboxylic acids is 1. The van der Waals surface area contributed by atoms with Crippen LogP contribution in [0.2, 0.25) is 5.02 Å². The number of carboxylic acids is 1. The first-order chi connectivity index (χ1) is 15.3. The van der Waals surface area contributed by atoms with Gasteiger partial charge in [0.25, 0.3) is 0 Å². The number of benzene rings is 1. The maximum Gasteiger partial charge on any atom is 1.00 e. The number of aromatic nitrogens is 4. The molecule has 0 radical (unpaired) electrons. The van der Waals surface area contributed by atoms with Gasteiger partial charge in [0, 0.05) is 37.9 Å². The van der Waals surface area contributed by atoms with Gasteiger partial charge in [-0.25, -0.2) is 9.97 Å². The number of carbonyl (C=O) groups is 1. The predicted molar refractivity (Wildman–Crippen MR) is 126 cm³/mol. The quantitative estimate of drug-likeness (QED) is 0.191. The number of imidazole rings is 1. The Labute approximate surface area is 221 Å². The van der Waals surface area contributed by atoms with E-state index in [0.29, 0.717) is 45.1 Å². The minimum absolute atomic E-state index is 0. The number of nitrogens with zero attached hydrogens (tertiary/aromatic N) is 5. The number of hydrogen-bond acceptors (Lipinski definition) is 7. The number of anilines is 1. The number of aryl methyl sites for hydroxylation is 1. The predicted octanol–water partition coefficient (Wildman–Crippen LogP) is -0.680. The van der Waals surface area contributed by atoms with Gasteiger partial charge in [-0.05, 0) is 37.4 Å². The molecule has 3 aromatic heterocycles. The van der Waals surface area contributed by atoms with Crippen molar-refractivity contribution in [2.24, 2.45) is 0 Å². The van der Waals surface area contributed by atoms with Gasteiger partial charge in [-0.1, -0.05) is 11.6 Å². The van der Waals surface area contributed by atoms with Crippen molar-refractivity contribution in [3.63, 3.8) is 0 Å². The summed E-state index contributed by atoms with van der Waals surface area (Å²) in [7, 11) is 1.90. The molecule has 0 bridgehead atoms. The molecule has 0 spiro atoms. The third-order valence-electron chi connectivity index (χ3n) is 5.44. The molecule has 0 aliphatic rings. The molecule has 0 atom stereocenters. The summed E-state index contributed by atoms with van der Waals surface area (Å²) in [6.45, 7) is 2.84. The van der Waals surface area contributed by atoms with Crippen LogP contribution in [0, 0.1) is 6.92 Å². The molecule has 0 unspecified atom stereocenters. The Hall–Kier alpha value is -2.04. The first kappa shape index (κ1) is 25.6. The van der Waals surface area contributed by atoms with Crippen LogP contribution in [0.15, 0.2) is 46.3 Å². The fraction of sp³-hybridized carbons (Fsp3) is 0.273. The minimum atomic E-state index is -1.28. The van der Waals surface area contributed by atoms with E-state index in [-0.39, 0.29) is 40.6 Å². The number of halogens is 1. The molecule has 166 valence electrons. The topological polar surface area (TPSA) is 96.1 Å². The van der Waals surface area contributed by atoms with E-state index < -0.39 is 12.5 Å². The number of rotatable bonds is 7. The zero-order valence-corrected chi connectivity index (χ0v) is 22.4. The largest absolute Gasteiger partial charge is 1.00 e. The van der Waals surface area contributed by atoms with E-state index in [4.69, 9.17) is 11.6 Å². The summed E-state index contributed by atoms with van der Waals surface area (Å²) >= 11 is 7.71. The summed E-state index contributed by atoms with van der Waals surface area (Å²) < 4.78 is 3.54. The first-order valence-corrected chi connectivity index (χ1v) is 11.5. The summed E-state index contributed by atoms with van der Waals surface area (Å²) in [6, 6.07) is 6.74. The number of carboxylic acid groups (broad SMARTS) is 1. The number of thioether (sulfide) groups is 1. The van der Waals surface area contributed by atoms with E-state index in [9.17, 15) is 14.7 Å². The van der Waals surface area contributed by atoms with Gasteiger partial charge in [-0.2, -0.15) is 0 Å². The maximum absolute atomic E-state index is 13.2. The number of aliphatic carboxylic acids is 1. The molecule has 4 aromatic rings. The standard InChI is InChI=1S/C22H22ClN5O3S.Na/c1-13-24-8-9-27(13)11-10-26(2)17-7-5-15-20(31)14-4-6-16(23)21(32-3)19(14)28(12-18(29)30)22(15)25-17;/h4-9H,10-12H2,1-3H3,(H,29,30);/q;+1/p-1. The third kappa shape index (κ3) is 4.93.